The third kappa shape index (κ3) is 6.58. The first kappa shape index (κ1) is 15.8. The highest BCUT2D eigenvalue weighted by molar-refractivity contribution is 5.82. The number of alkyl carbamates (subject to hydrolysis) is 1. The summed E-state index contributed by atoms with van der Waals surface area (Å²) in [4.78, 5) is 22.6. The van der Waals surface area contributed by atoms with Gasteiger partial charge in [0, 0.05) is 12.6 Å². The van der Waals surface area contributed by atoms with Gasteiger partial charge >= 0.3 is 12.1 Å². The lowest BCUT2D eigenvalue weighted by Gasteiger charge is -2.10. The van der Waals surface area contributed by atoms with Gasteiger partial charge in [0.25, 0.3) is 0 Å². The van der Waals surface area contributed by atoms with E-state index in [1.165, 1.54) is 12.2 Å². The molecule has 0 aromatic heterocycles. The molecular formula is C15H19NO4. The summed E-state index contributed by atoms with van der Waals surface area (Å²) < 4.78 is 9.78. The predicted molar refractivity (Wildman–Crippen MR) is 75.0 cm³/mol. The van der Waals surface area contributed by atoms with Gasteiger partial charge in [-0.1, -0.05) is 30.3 Å². The second-order valence-electron chi connectivity index (χ2n) is 4.06. The lowest BCUT2D eigenvalue weighted by Crippen LogP contribution is -2.26. The lowest BCUT2D eigenvalue weighted by molar-refractivity contribution is -0.137. The molecule has 0 saturated carbocycles. The molecule has 0 bridgehead atoms. The number of benzene rings is 1. The van der Waals surface area contributed by atoms with Gasteiger partial charge in [-0.05, 0) is 25.5 Å². The van der Waals surface area contributed by atoms with E-state index < -0.39 is 18.2 Å². The van der Waals surface area contributed by atoms with E-state index in [1.807, 2.05) is 30.3 Å². The first-order valence-electron chi connectivity index (χ1n) is 6.45. The van der Waals surface area contributed by atoms with E-state index in [0.717, 1.165) is 5.56 Å². The van der Waals surface area contributed by atoms with Gasteiger partial charge in [0.05, 0.1) is 6.61 Å². The zero-order valence-corrected chi connectivity index (χ0v) is 11.7. The van der Waals surface area contributed by atoms with Crippen molar-refractivity contribution in [2.75, 3.05) is 6.61 Å². The Morgan fingerprint density at radius 1 is 1.30 bits per heavy atom. The summed E-state index contributed by atoms with van der Waals surface area (Å²) in [5.41, 5.74) is 0.985. The summed E-state index contributed by atoms with van der Waals surface area (Å²) >= 11 is 0. The van der Waals surface area contributed by atoms with Crippen LogP contribution in [0.1, 0.15) is 19.4 Å². The zero-order valence-electron chi connectivity index (χ0n) is 11.7. The molecule has 0 fully saturated rings. The average molecular weight is 277 g/mol. The van der Waals surface area contributed by atoms with Gasteiger partial charge < -0.3 is 14.8 Å². The highest BCUT2D eigenvalue weighted by atomic mass is 16.6. The Bertz CT molecular complexity index is 456. The van der Waals surface area contributed by atoms with Crippen molar-refractivity contribution in [3.63, 3.8) is 0 Å². The molecule has 1 N–H and O–H groups in total. The fourth-order valence-electron chi connectivity index (χ4n) is 1.42. The molecule has 1 amide bonds. The van der Waals surface area contributed by atoms with Crippen LogP contribution in [0.5, 0.6) is 0 Å². The standard InChI is InChI=1S/C15H19NO4/c1-3-19-14(17)10-9-12(2)20-15(18)16-11-13-7-5-4-6-8-13/h4-10,12H,3,11H2,1-2H3,(H,16,18)/t12-/m0/s1. The quantitative estimate of drug-likeness (QED) is 0.640. The molecule has 0 aliphatic rings. The van der Waals surface area contributed by atoms with E-state index >= 15 is 0 Å². The van der Waals surface area contributed by atoms with Crippen LogP contribution in [-0.4, -0.2) is 24.8 Å². The number of amides is 1. The molecule has 0 spiro atoms. The monoisotopic (exact) mass is 277 g/mol. The summed E-state index contributed by atoms with van der Waals surface area (Å²) in [5, 5.41) is 2.63. The highest BCUT2D eigenvalue weighted by Crippen LogP contribution is 1.99. The van der Waals surface area contributed by atoms with Crippen molar-refractivity contribution >= 4 is 12.1 Å². The molecule has 5 heteroatoms. The number of esters is 1. The van der Waals surface area contributed by atoms with Crippen molar-refractivity contribution in [1.82, 2.24) is 5.32 Å². The molecule has 0 aliphatic carbocycles. The van der Waals surface area contributed by atoms with Gasteiger partial charge in [0.15, 0.2) is 0 Å². The maximum Gasteiger partial charge on any atom is 0.407 e. The van der Waals surface area contributed by atoms with Crippen molar-refractivity contribution in [2.45, 2.75) is 26.5 Å². The van der Waals surface area contributed by atoms with E-state index in [0.29, 0.717) is 13.2 Å². The first-order valence-corrected chi connectivity index (χ1v) is 6.45. The summed E-state index contributed by atoms with van der Waals surface area (Å²) in [5.74, 6) is -0.451. The Hall–Kier alpha value is -2.30. The Kier molecular flexibility index (Phi) is 6.89. The number of carbonyl (C=O) groups is 2. The third-order valence-electron chi connectivity index (χ3n) is 2.36. The zero-order chi connectivity index (χ0) is 14.8. The molecule has 5 nitrogen and oxygen atoms in total. The SMILES string of the molecule is CCOC(=O)C=C[C@H](C)OC(=O)NCc1ccccc1. The summed E-state index contributed by atoms with van der Waals surface area (Å²) in [7, 11) is 0. The minimum Gasteiger partial charge on any atom is -0.463 e. The molecule has 0 saturated heterocycles. The van der Waals surface area contributed by atoms with Gasteiger partial charge in [-0.25, -0.2) is 9.59 Å². The molecule has 0 heterocycles. The molecule has 108 valence electrons. The molecule has 20 heavy (non-hydrogen) atoms. The first-order chi connectivity index (χ1) is 9.61. The second kappa shape index (κ2) is 8.74. The number of ether oxygens (including phenoxy) is 2. The molecule has 0 aliphatic heterocycles. The molecule has 1 rings (SSSR count). The number of rotatable bonds is 6. The topological polar surface area (TPSA) is 64.6 Å². The lowest BCUT2D eigenvalue weighted by atomic mass is 10.2. The minimum absolute atomic E-state index is 0.315. The van der Waals surface area contributed by atoms with E-state index in [4.69, 9.17) is 9.47 Å². The van der Waals surface area contributed by atoms with Gasteiger partial charge in [0.2, 0.25) is 0 Å². The van der Waals surface area contributed by atoms with Crippen molar-refractivity contribution in [3.05, 3.63) is 48.0 Å². The number of carbonyl (C=O) groups excluding carboxylic acids is 2. The van der Waals surface area contributed by atoms with Crippen LogP contribution in [0.2, 0.25) is 0 Å². The maximum atomic E-state index is 11.5. The number of hydrogen-bond acceptors (Lipinski definition) is 4. The van der Waals surface area contributed by atoms with Crippen LogP contribution in [0.15, 0.2) is 42.5 Å². The van der Waals surface area contributed by atoms with E-state index in [1.54, 1.807) is 13.8 Å². The Morgan fingerprint density at radius 2 is 2.00 bits per heavy atom. The summed E-state index contributed by atoms with van der Waals surface area (Å²) in [6.45, 7) is 4.10. The molecule has 0 radical (unpaired) electrons. The smallest absolute Gasteiger partial charge is 0.407 e. The molecule has 0 unspecified atom stereocenters. The normalized spacial score (nSPS) is 11.9. The van der Waals surface area contributed by atoms with Crippen LogP contribution < -0.4 is 5.32 Å². The fourth-order valence-corrected chi connectivity index (χ4v) is 1.42. The van der Waals surface area contributed by atoms with Crippen molar-refractivity contribution in [1.29, 1.82) is 0 Å². The average Bonchev–Trinajstić information content (AvgIpc) is 2.44. The second-order valence-corrected chi connectivity index (χ2v) is 4.06. The van der Waals surface area contributed by atoms with Crippen LogP contribution in [-0.2, 0) is 20.8 Å². The molecule has 1 aromatic rings. The number of nitrogens with one attached hydrogen (secondary N) is 1. The van der Waals surface area contributed by atoms with E-state index in [2.05, 4.69) is 5.32 Å². The largest absolute Gasteiger partial charge is 0.463 e. The van der Waals surface area contributed by atoms with Gasteiger partial charge in [-0.2, -0.15) is 0 Å². The Labute approximate surface area is 118 Å². The van der Waals surface area contributed by atoms with E-state index in [-0.39, 0.29) is 0 Å². The summed E-state index contributed by atoms with van der Waals surface area (Å²) in [6, 6.07) is 9.51. The Morgan fingerprint density at radius 3 is 2.65 bits per heavy atom. The van der Waals surface area contributed by atoms with Gasteiger partial charge in [0.1, 0.15) is 6.10 Å². The van der Waals surface area contributed by atoms with Crippen molar-refractivity contribution < 1.29 is 19.1 Å². The van der Waals surface area contributed by atoms with Crippen LogP contribution in [0.25, 0.3) is 0 Å². The third-order valence-corrected chi connectivity index (χ3v) is 2.36. The van der Waals surface area contributed by atoms with Crippen molar-refractivity contribution in [2.24, 2.45) is 0 Å². The highest BCUT2D eigenvalue weighted by Gasteiger charge is 2.06. The van der Waals surface area contributed by atoms with Crippen LogP contribution >= 0.6 is 0 Å². The predicted octanol–water partition coefficient (Wildman–Crippen LogP) is 2.42. The molecular weight excluding hydrogens is 258 g/mol. The van der Waals surface area contributed by atoms with Gasteiger partial charge in [-0.15, -0.1) is 0 Å². The van der Waals surface area contributed by atoms with E-state index in [9.17, 15) is 9.59 Å². The summed E-state index contributed by atoms with van der Waals surface area (Å²) in [6.07, 6.45) is 1.68. The maximum absolute atomic E-state index is 11.5. The minimum atomic E-state index is -0.533. The Balaban J connectivity index is 2.29. The van der Waals surface area contributed by atoms with Crippen LogP contribution in [0, 0.1) is 0 Å². The molecule has 1 aromatic carbocycles. The van der Waals surface area contributed by atoms with Crippen LogP contribution in [0.4, 0.5) is 4.79 Å². The molecule has 1 atom stereocenters. The fraction of sp³-hybridized carbons (Fsp3) is 0.333. The number of hydrogen-bond donors (Lipinski definition) is 1. The van der Waals surface area contributed by atoms with Gasteiger partial charge in [-0.3, -0.25) is 0 Å². The van der Waals surface area contributed by atoms with Crippen LogP contribution in [0.3, 0.4) is 0 Å². The van der Waals surface area contributed by atoms with Crippen molar-refractivity contribution in [3.8, 4) is 0 Å².